The van der Waals surface area contributed by atoms with Crippen molar-refractivity contribution in [2.24, 2.45) is 0 Å². The predicted octanol–water partition coefficient (Wildman–Crippen LogP) is 1.43. The van der Waals surface area contributed by atoms with Crippen LogP contribution in [-0.2, 0) is 13.1 Å². The number of nitrogens with zero attached hydrogens (tertiary/aromatic N) is 1. The molecule has 19 heavy (non-hydrogen) atoms. The summed E-state index contributed by atoms with van der Waals surface area (Å²) in [5.41, 5.74) is 2.11. The number of carboxylic acids is 1. The van der Waals surface area contributed by atoms with Gasteiger partial charge in [0.25, 0.3) is 0 Å². The number of carbonyl (C=O) groups is 2. The predicted molar refractivity (Wildman–Crippen MR) is 69.5 cm³/mol. The molecule has 0 saturated carbocycles. The lowest BCUT2D eigenvalue weighted by Gasteiger charge is -2.15. The number of aromatic carboxylic acids is 1. The van der Waals surface area contributed by atoms with E-state index in [9.17, 15) is 9.59 Å². The summed E-state index contributed by atoms with van der Waals surface area (Å²) in [5.74, 6) is 1.49. The maximum atomic E-state index is 11.8. The number of urea groups is 1. The molecule has 0 aliphatic carbocycles. The van der Waals surface area contributed by atoms with Gasteiger partial charge < -0.3 is 15.3 Å². The molecule has 2 amide bonds. The number of carbonyl (C=O) groups excluding carboxylic acids is 1. The molecule has 0 radical (unpaired) electrons. The first-order valence-electron chi connectivity index (χ1n) is 5.93. The Labute approximate surface area is 111 Å². The third-order valence-electron chi connectivity index (χ3n) is 3.01. The largest absolute Gasteiger partial charge is 0.478 e. The number of terminal acetylenes is 1. The average molecular weight is 258 g/mol. The van der Waals surface area contributed by atoms with E-state index in [-0.39, 0.29) is 11.6 Å². The van der Waals surface area contributed by atoms with Crippen molar-refractivity contribution >= 4 is 12.0 Å². The Morgan fingerprint density at radius 3 is 2.79 bits per heavy atom. The maximum absolute atomic E-state index is 11.8. The van der Waals surface area contributed by atoms with Crippen LogP contribution >= 0.6 is 0 Å². The second-order valence-electron chi connectivity index (χ2n) is 4.33. The Balaban J connectivity index is 2.02. The van der Waals surface area contributed by atoms with Crippen molar-refractivity contribution in [3.63, 3.8) is 0 Å². The highest BCUT2D eigenvalue weighted by Crippen LogP contribution is 2.23. The van der Waals surface area contributed by atoms with Gasteiger partial charge in [-0.15, -0.1) is 12.3 Å². The molecule has 0 unspecified atom stereocenters. The maximum Gasteiger partial charge on any atom is 0.335 e. The number of carboxylic acid groups (broad SMARTS) is 1. The topological polar surface area (TPSA) is 69.6 Å². The molecule has 0 atom stereocenters. The number of amides is 2. The van der Waals surface area contributed by atoms with E-state index in [1.54, 1.807) is 23.1 Å². The van der Waals surface area contributed by atoms with Crippen LogP contribution in [0.2, 0.25) is 0 Å². The summed E-state index contributed by atoms with van der Waals surface area (Å²) in [4.78, 5) is 24.3. The minimum Gasteiger partial charge on any atom is -0.478 e. The van der Waals surface area contributed by atoms with Gasteiger partial charge in [0.15, 0.2) is 0 Å². The number of rotatable bonds is 3. The molecule has 1 heterocycles. The molecule has 0 bridgehead atoms. The number of hydrogen-bond acceptors (Lipinski definition) is 2. The van der Waals surface area contributed by atoms with Crippen molar-refractivity contribution in [1.29, 1.82) is 0 Å². The summed E-state index contributed by atoms with van der Waals surface area (Å²) >= 11 is 0. The monoisotopic (exact) mass is 258 g/mol. The van der Waals surface area contributed by atoms with E-state index in [4.69, 9.17) is 11.5 Å². The molecule has 0 fully saturated rings. The van der Waals surface area contributed by atoms with Crippen LogP contribution in [0.5, 0.6) is 0 Å². The van der Waals surface area contributed by atoms with Gasteiger partial charge in [-0.05, 0) is 23.3 Å². The molecular weight excluding hydrogens is 244 g/mol. The fourth-order valence-electron chi connectivity index (χ4n) is 2.02. The Kier molecular flexibility index (Phi) is 3.71. The summed E-state index contributed by atoms with van der Waals surface area (Å²) in [6, 6.07) is 4.75. The lowest BCUT2D eigenvalue weighted by Crippen LogP contribution is -2.36. The van der Waals surface area contributed by atoms with E-state index in [2.05, 4.69) is 11.2 Å². The van der Waals surface area contributed by atoms with Crippen LogP contribution in [0.15, 0.2) is 18.2 Å². The summed E-state index contributed by atoms with van der Waals surface area (Å²) in [7, 11) is 0. The molecule has 1 aliphatic rings. The second-order valence-corrected chi connectivity index (χ2v) is 4.33. The quantitative estimate of drug-likeness (QED) is 0.636. The molecule has 98 valence electrons. The zero-order valence-corrected chi connectivity index (χ0v) is 10.3. The lowest BCUT2D eigenvalue weighted by molar-refractivity contribution is 0.0696. The highest BCUT2D eigenvalue weighted by molar-refractivity contribution is 5.88. The Morgan fingerprint density at radius 2 is 2.11 bits per heavy atom. The standard InChI is InChI=1S/C14H14N2O3/c1-2-3-6-15-14(19)16-8-11-5-4-10(13(17)18)7-12(11)9-16/h1,4-5,7H,3,6,8-9H2,(H,15,19)(H,17,18). The van der Waals surface area contributed by atoms with E-state index < -0.39 is 5.97 Å². The summed E-state index contributed by atoms with van der Waals surface area (Å²) in [5, 5.41) is 11.6. The Hall–Kier alpha value is -2.48. The molecule has 5 heteroatoms. The van der Waals surface area contributed by atoms with Gasteiger partial charge in [0.1, 0.15) is 0 Å². The van der Waals surface area contributed by atoms with E-state index in [1.165, 1.54) is 0 Å². The van der Waals surface area contributed by atoms with E-state index in [0.29, 0.717) is 26.1 Å². The molecule has 1 aromatic carbocycles. The van der Waals surface area contributed by atoms with Crippen LogP contribution in [0.3, 0.4) is 0 Å². The van der Waals surface area contributed by atoms with Gasteiger partial charge in [-0.1, -0.05) is 6.07 Å². The van der Waals surface area contributed by atoms with Crippen LogP contribution in [0.25, 0.3) is 0 Å². The van der Waals surface area contributed by atoms with Crippen LogP contribution in [-0.4, -0.2) is 28.6 Å². The molecule has 1 aliphatic heterocycles. The highest BCUT2D eigenvalue weighted by Gasteiger charge is 2.23. The van der Waals surface area contributed by atoms with Gasteiger partial charge in [0.05, 0.1) is 5.56 Å². The van der Waals surface area contributed by atoms with Gasteiger partial charge >= 0.3 is 12.0 Å². The second kappa shape index (κ2) is 5.44. The summed E-state index contributed by atoms with van der Waals surface area (Å²) < 4.78 is 0. The van der Waals surface area contributed by atoms with E-state index >= 15 is 0 Å². The molecular formula is C14H14N2O3. The molecule has 5 nitrogen and oxygen atoms in total. The van der Waals surface area contributed by atoms with Crippen LogP contribution in [0.1, 0.15) is 27.9 Å². The molecule has 1 aromatic rings. The van der Waals surface area contributed by atoms with Crippen molar-refractivity contribution in [3.05, 3.63) is 34.9 Å². The highest BCUT2D eigenvalue weighted by atomic mass is 16.4. The number of benzene rings is 1. The van der Waals surface area contributed by atoms with Gasteiger partial charge in [-0.25, -0.2) is 9.59 Å². The molecule has 2 rings (SSSR count). The molecule has 2 N–H and O–H groups in total. The van der Waals surface area contributed by atoms with Crippen molar-refractivity contribution in [1.82, 2.24) is 10.2 Å². The normalized spacial score (nSPS) is 12.7. The Morgan fingerprint density at radius 1 is 1.37 bits per heavy atom. The van der Waals surface area contributed by atoms with Crippen molar-refractivity contribution < 1.29 is 14.7 Å². The Bertz CT molecular complexity index is 560. The SMILES string of the molecule is C#CCCNC(=O)N1Cc2ccc(C(=O)O)cc2C1. The third-order valence-corrected chi connectivity index (χ3v) is 3.01. The summed E-state index contributed by atoms with van der Waals surface area (Å²) in [6.45, 7) is 1.37. The molecule has 0 spiro atoms. The number of fused-ring (bicyclic) bond motifs is 1. The van der Waals surface area contributed by atoms with Crippen molar-refractivity contribution in [2.45, 2.75) is 19.5 Å². The molecule has 0 aromatic heterocycles. The first kappa shape index (κ1) is 13.0. The van der Waals surface area contributed by atoms with Gasteiger partial charge in [0, 0.05) is 26.1 Å². The van der Waals surface area contributed by atoms with Crippen molar-refractivity contribution in [3.8, 4) is 12.3 Å². The minimum absolute atomic E-state index is 0.177. The van der Waals surface area contributed by atoms with Gasteiger partial charge in [-0.2, -0.15) is 0 Å². The number of nitrogens with one attached hydrogen (secondary N) is 1. The average Bonchev–Trinajstić information content (AvgIpc) is 2.81. The third kappa shape index (κ3) is 2.86. The van der Waals surface area contributed by atoms with Gasteiger partial charge in [-0.3, -0.25) is 0 Å². The van der Waals surface area contributed by atoms with E-state index in [1.807, 2.05) is 0 Å². The zero-order valence-electron chi connectivity index (χ0n) is 10.3. The van der Waals surface area contributed by atoms with Crippen molar-refractivity contribution in [2.75, 3.05) is 6.54 Å². The fraction of sp³-hybridized carbons (Fsp3) is 0.286. The van der Waals surface area contributed by atoms with Crippen LogP contribution < -0.4 is 5.32 Å². The smallest absolute Gasteiger partial charge is 0.335 e. The zero-order chi connectivity index (χ0) is 13.8. The fourth-order valence-corrected chi connectivity index (χ4v) is 2.02. The number of hydrogen-bond donors (Lipinski definition) is 2. The van der Waals surface area contributed by atoms with Crippen LogP contribution in [0, 0.1) is 12.3 Å². The molecule has 0 saturated heterocycles. The summed E-state index contributed by atoms with van der Waals surface area (Å²) in [6.07, 6.45) is 5.61. The van der Waals surface area contributed by atoms with Gasteiger partial charge in [0.2, 0.25) is 0 Å². The first-order valence-corrected chi connectivity index (χ1v) is 5.93. The lowest BCUT2D eigenvalue weighted by atomic mass is 10.1. The first-order chi connectivity index (χ1) is 9.11. The van der Waals surface area contributed by atoms with E-state index in [0.717, 1.165) is 11.1 Å². The van der Waals surface area contributed by atoms with Crippen LogP contribution in [0.4, 0.5) is 4.79 Å². The minimum atomic E-state index is -0.959.